The molecule has 1 amide bonds. The summed E-state index contributed by atoms with van der Waals surface area (Å²) in [4.78, 5) is 19.7. The summed E-state index contributed by atoms with van der Waals surface area (Å²) in [6.07, 6.45) is 9.62. The van der Waals surface area contributed by atoms with Crippen LogP contribution in [0.25, 0.3) is 0 Å². The standard InChI is InChI=1S/C29H33ClN4O2/c1-32(22-11-15-33(16-12-22)23-9-13-31-14-10-23)28(35)20-5-7-24-19(17-20)6-8-26(24)34-18-21-3-2-4-25(30)27(21)29(34)36/h2-5,7,9-10,13,17,22,26,28,31,35H,6,8,11-12,14-16,18H2,1H3/t26-,28?/m1/s1. The molecule has 0 bridgehead atoms. The highest BCUT2D eigenvalue weighted by Crippen LogP contribution is 2.42. The van der Waals surface area contributed by atoms with Gasteiger partial charge in [0.15, 0.2) is 0 Å². The first-order chi connectivity index (χ1) is 17.5. The van der Waals surface area contributed by atoms with Gasteiger partial charge in [-0.25, -0.2) is 0 Å². The quantitative estimate of drug-likeness (QED) is 0.592. The molecule has 7 heteroatoms. The fourth-order valence-electron chi connectivity index (χ4n) is 6.33. The van der Waals surface area contributed by atoms with Gasteiger partial charge in [0.1, 0.15) is 6.23 Å². The molecular formula is C29H33ClN4O2. The number of benzene rings is 2. The third-order valence-corrected chi connectivity index (χ3v) is 8.71. The van der Waals surface area contributed by atoms with Crippen molar-refractivity contribution in [3.05, 3.63) is 93.3 Å². The number of rotatable bonds is 5. The minimum absolute atomic E-state index is 0.0272. The van der Waals surface area contributed by atoms with Crippen LogP contribution in [0.1, 0.15) is 64.1 Å². The van der Waals surface area contributed by atoms with E-state index in [1.165, 1.54) is 16.8 Å². The van der Waals surface area contributed by atoms with E-state index in [9.17, 15) is 9.90 Å². The van der Waals surface area contributed by atoms with Gasteiger partial charge in [-0.05, 0) is 79.4 Å². The summed E-state index contributed by atoms with van der Waals surface area (Å²) < 4.78 is 0. The van der Waals surface area contributed by atoms with Crippen LogP contribution in [0.5, 0.6) is 0 Å². The smallest absolute Gasteiger partial charge is 0.256 e. The molecule has 4 aliphatic rings. The number of nitrogens with one attached hydrogen (secondary N) is 1. The van der Waals surface area contributed by atoms with Gasteiger partial charge < -0.3 is 20.2 Å². The molecule has 2 aromatic carbocycles. The second kappa shape index (κ2) is 9.58. The number of hydrogen-bond donors (Lipinski definition) is 2. The molecule has 1 fully saturated rings. The Balaban J connectivity index is 1.12. The van der Waals surface area contributed by atoms with Gasteiger partial charge in [-0.1, -0.05) is 41.9 Å². The highest BCUT2D eigenvalue weighted by atomic mass is 35.5. The maximum atomic E-state index is 13.2. The van der Waals surface area contributed by atoms with Gasteiger partial charge in [0.25, 0.3) is 5.91 Å². The van der Waals surface area contributed by atoms with E-state index in [0.29, 0.717) is 23.2 Å². The minimum atomic E-state index is -0.639. The lowest BCUT2D eigenvalue weighted by atomic mass is 9.99. The van der Waals surface area contributed by atoms with Crippen LogP contribution < -0.4 is 5.32 Å². The van der Waals surface area contributed by atoms with Gasteiger partial charge in [-0.2, -0.15) is 0 Å². The Morgan fingerprint density at radius 1 is 1.14 bits per heavy atom. The number of allylic oxidation sites excluding steroid dienone is 1. The Morgan fingerprint density at radius 2 is 1.97 bits per heavy atom. The van der Waals surface area contributed by atoms with Crippen LogP contribution in [0, 0.1) is 0 Å². The number of amides is 1. The average molecular weight is 505 g/mol. The molecule has 2 aromatic rings. The lowest BCUT2D eigenvalue weighted by Crippen LogP contribution is -2.44. The van der Waals surface area contributed by atoms with E-state index in [4.69, 9.17) is 11.6 Å². The summed E-state index contributed by atoms with van der Waals surface area (Å²) in [5.41, 5.74) is 6.32. The van der Waals surface area contributed by atoms with Crippen molar-refractivity contribution in [1.82, 2.24) is 20.0 Å². The highest BCUT2D eigenvalue weighted by Gasteiger charge is 2.38. The molecule has 1 aliphatic carbocycles. The molecule has 0 radical (unpaired) electrons. The van der Waals surface area contributed by atoms with Crippen LogP contribution in [-0.4, -0.2) is 58.4 Å². The second-order valence-corrected chi connectivity index (χ2v) is 10.8. The van der Waals surface area contributed by atoms with E-state index in [1.54, 1.807) is 6.07 Å². The molecule has 3 aliphatic heterocycles. The van der Waals surface area contributed by atoms with E-state index in [-0.39, 0.29) is 11.9 Å². The van der Waals surface area contributed by atoms with Crippen LogP contribution in [0.4, 0.5) is 0 Å². The monoisotopic (exact) mass is 504 g/mol. The maximum Gasteiger partial charge on any atom is 0.256 e. The van der Waals surface area contributed by atoms with Crippen molar-refractivity contribution in [3.63, 3.8) is 0 Å². The Hall–Kier alpha value is -2.80. The Kier molecular flexibility index (Phi) is 6.28. The second-order valence-electron chi connectivity index (χ2n) is 10.3. The number of hydrogen-bond acceptors (Lipinski definition) is 5. The number of carbonyl (C=O) groups excluding carboxylic acids is 1. The first kappa shape index (κ1) is 23.6. The third-order valence-electron chi connectivity index (χ3n) is 8.40. The van der Waals surface area contributed by atoms with Gasteiger partial charge in [-0.15, -0.1) is 0 Å². The normalized spacial score (nSPS) is 22.5. The number of fused-ring (bicyclic) bond motifs is 2. The van der Waals surface area contributed by atoms with Crippen LogP contribution >= 0.6 is 11.6 Å². The topological polar surface area (TPSA) is 59.0 Å². The molecular weight excluding hydrogens is 472 g/mol. The van der Waals surface area contributed by atoms with Gasteiger partial charge in [0.05, 0.1) is 16.6 Å². The number of piperidine rings is 1. The van der Waals surface area contributed by atoms with E-state index in [2.05, 4.69) is 39.4 Å². The van der Waals surface area contributed by atoms with Crippen molar-refractivity contribution >= 4 is 17.5 Å². The molecule has 3 heterocycles. The van der Waals surface area contributed by atoms with Crippen LogP contribution in [-0.2, 0) is 13.0 Å². The molecule has 36 heavy (non-hydrogen) atoms. The molecule has 1 saturated heterocycles. The Labute approximate surface area is 217 Å². The van der Waals surface area contributed by atoms with Crippen molar-refractivity contribution in [2.24, 2.45) is 0 Å². The summed E-state index contributed by atoms with van der Waals surface area (Å²) in [6.45, 7) is 3.49. The molecule has 2 N–H and O–H groups in total. The molecule has 0 aromatic heterocycles. The van der Waals surface area contributed by atoms with Gasteiger partial charge in [-0.3, -0.25) is 9.69 Å². The summed E-state index contributed by atoms with van der Waals surface area (Å²) in [6, 6.07) is 12.4. The van der Waals surface area contributed by atoms with E-state index in [1.807, 2.05) is 36.3 Å². The summed E-state index contributed by atoms with van der Waals surface area (Å²) in [7, 11) is 2.04. The maximum absolute atomic E-state index is 13.2. The van der Waals surface area contributed by atoms with E-state index < -0.39 is 6.23 Å². The Morgan fingerprint density at radius 3 is 2.72 bits per heavy atom. The fraction of sp³-hybridized carbons (Fsp3) is 0.414. The van der Waals surface area contributed by atoms with Gasteiger partial charge in [0.2, 0.25) is 0 Å². The van der Waals surface area contributed by atoms with Crippen molar-refractivity contribution in [2.75, 3.05) is 26.7 Å². The number of carbonyl (C=O) groups is 1. The zero-order valence-corrected chi connectivity index (χ0v) is 21.4. The van der Waals surface area contributed by atoms with E-state index in [0.717, 1.165) is 56.4 Å². The molecule has 2 atom stereocenters. The zero-order valence-electron chi connectivity index (χ0n) is 20.7. The number of nitrogens with zero attached hydrogens (tertiary/aromatic N) is 3. The average Bonchev–Trinajstić information content (AvgIpc) is 3.49. The van der Waals surface area contributed by atoms with Gasteiger partial charge in [0, 0.05) is 37.9 Å². The van der Waals surface area contributed by atoms with Crippen molar-refractivity contribution in [3.8, 4) is 0 Å². The van der Waals surface area contributed by atoms with Crippen LogP contribution in [0.15, 0.2) is 60.4 Å². The minimum Gasteiger partial charge on any atom is -0.387 e. The number of aliphatic hydroxyl groups excluding tert-OH is 1. The fourth-order valence-corrected chi connectivity index (χ4v) is 6.61. The molecule has 0 spiro atoms. The Bertz CT molecular complexity index is 1230. The largest absolute Gasteiger partial charge is 0.387 e. The zero-order chi connectivity index (χ0) is 24.8. The molecule has 6 nitrogen and oxygen atoms in total. The SMILES string of the molecule is CN(C1CCN(C2=CCNC=C2)CC1)C(O)c1ccc2c(c1)CC[C@H]2N1Cc2cccc(Cl)c2C1=O. The third kappa shape index (κ3) is 4.11. The van der Waals surface area contributed by atoms with E-state index >= 15 is 0 Å². The van der Waals surface area contributed by atoms with Crippen molar-refractivity contribution < 1.29 is 9.90 Å². The summed E-state index contributed by atoms with van der Waals surface area (Å²) in [5, 5.41) is 15.0. The molecule has 188 valence electrons. The predicted molar refractivity (Wildman–Crippen MR) is 141 cm³/mol. The lowest BCUT2D eigenvalue weighted by Gasteiger charge is -2.40. The number of aryl methyl sites for hydroxylation is 1. The summed E-state index contributed by atoms with van der Waals surface area (Å²) >= 11 is 6.34. The van der Waals surface area contributed by atoms with Crippen LogP contribution in [0.3, 0.4) is 0 Å². The van der Waals surface area contributed by atoms with Crippen LogP contribution in [0.2, 0.25) is 5.02 Å². The van der Waals surface area contributed by atoms with Gasteiger partial charge >= 0.3 is 0 Å². The number of aliphatic hydroxyl groups is 1. The molecule has 1 unspecified atom stereocenters. The molecule has 0 saturated carbocycles. The van der Waals surface area contributed by atoms with Crippen molar-refractivity contribution in [2.45, 2.75) is 50.5 Å². The lowest BCUT2D eigenvalue weighted by molar-refractivity contribution is -0.0228. The predicted octanol–water partition coefficient (Wildman–Crippen LogP) is 4.37. The number of halogens is 1. The number of dihydropyridines is 1. The highest BCUT2D eigenvalue weighted by molar-refractivity contribution is 6.34. The first-order valence-corrected chi connectivity index (χ1v) is 13.3. The van der Waals surface area contributed by atoms with Crippen molar-refractivity contribution in [1.29, 1.82) is 0 Å². The summed E-state index contributed by atoms with van der Waals surface area (Å²) in [5.74, 6) is 0.0272. The first-order valence-electron chi connectivity index (χ1n) is 13.0. The number of likely N-dealkylation sites (tertiary alicyclic amines) is 1. The molecule has 6 rings (SSSR count).